The fraction of sp³-hybridized carbons (Fsp3) is 0.188. The molecule has 138 valence electrons. The lowest BCUT2D eigenvalue weighted by atomic mass is 10.2. The Bertz CT molecular complexity index is 962. The first-order valence-electron chi connectivity index (χ1n) is 7.39. The summed E-state index contributed by atoms with van der Waals surface area (Å²) in [7, 11) is -2.87. The Morgan fingerprint density at radius 2 is 1.88 bits per heavy atom. The molecular weight excluding hydrogens is 382 g/mol. The molecule has 2 rings (SSSR count). The molecule has 2 aromatic rings. The van der Waals surface area contributed by atoms with E-state index in [1.54, 1.807) is 24.3 Å². The number of hydrogen-bond donors (Lipinski definition) is 1. The van der Waals surface area contributed by atoms with Gasteiger partial charge in [-0.2, -0.15) is 4.31 Å². The Balaban J connectivity index is 2.22. The molecular formula is C16H16ClN3O5S. The van der Waals surface area contributed by atoms with E-state index in [1.807, 2.05) is 0 Å². The van der Waals surface area contributed by atoms with Gasteiger partial charge in [0.25, 0.3) is 5.69 Å². The van der Waals surface area contributed by atoms with Gasteiger partial charge in [-0.1, -0.05) is 29.8 Å². The zero-order chi connectivity index (χ0) is 19.5. The summed E-state index contributed by atoms with van der Waals surface area (Å²) in [5.74, 6) is -0.591. The smallest absolute Gasteiger partial charge is 0.273 e. The average Bonchev–Trinajstić information content (AvgIpc) is 2.56. The van der Waals surface area contributed by atoms with Crippen LogP contribution in [0, 0.1) is 17.0 Å². The number of nitro groups is 1. The van der Waals surface area contributed by atoms with Gasteiger partial charge in [-0.05, 0) is 25.1 Å². The van der Waals surface area contributed by atoms with Crippen molar-refractivity contribution in [2.24, 2.45) is 0 Å². The number of amides is 1. The fourth-order valence-electron chi connectivity index (χ4n) is 2.29. The topological polar surface area (TPSA) is 110 Å². The van der Waals surface area contributed by atoms with E-state index in [1.165, 1.54) is 32.2 Å². The van der Waals surface area contributed by atoms with Gasteiger partial charge in [0.2, 0.25) is 15.9 Å². The van der Waals surface area contributed by atoms with Gasteiger partial charge in [0.1, 0.15) is 0 Å². The number of nitrogens with one attached hydrogen (secondary N) is 1. The first-order valence-corrected chi connectivity index (χ1v) is 9.21. The standard InChI is InChI=1S/C16H16ClN3O5S/c1-11-14(20(22)23)8-5-9-15(11)26(24,25)19(2)10-16(21)18-13-7-4-3-6-12(13)17/h3-9H,10H2,1-2H3,(H,18,21). The number of rotatable bonds is 6. The molecule has 26 heavy (non-hydrogen) atoms. The minimum Gasteiger partial charge on any atom is -0.324 e. The van der Waals surface area contributed by atoms with Crippen LogP contribution in [0.3, 0.4) is 0 Å². The molecule has 0 aliphatic heterocycles. The molecule has 0 bridgehead atoms. The van der Waals surface area contributed by atoms with Crippen LogP contribution in [-0.4, -0.2) is 37.1 Å². The molecule has 1 N–H and O–H groups in total. The van der Waals surface area contributed by atoms with E-state index in [4.69, 9.17) is 11.6 Å². The second-order valence-electron chi connectivity index (χ2n) is 5.45. The van der Waals surface area contributed by atoms with Crippen LogP contribution >= 0.6 is 11.6 Å². The molecule has 1 amide bonds. The first kappa shape index (κ1) is 19.8. The summed E-state index contributed by atoms with van der Waals surface area (Å²) < 4.78 is 26.2. The van der Waals surface area contributed by atoms with Gasteiger partial charge in [-0.15, -0.1) is 0 Å². The molecule has 0 radical (unpaired) electrons. The van der Waals surface area contributed by atoms with Gasteiger partial charge in [0.05, 0.1) is 27.1 Å². The largest absolute Gasteiger partial charge is 0.324 e. The minimum atomic E-state index is -4.09. The summed E-state index contributed by atoms with van der Waals surface area (Å²) in [5, 5.41) is 13.8. The van der Waals surface area contributed by atoms with E-state index >= 15 is 0 Å². The molecule has 10 heteroatoms. The highest BCUT2D eigenvalue weighted by atomic mass is 35.5. The maximum Gasteiger partial charge on any atom is 0.273 e. The second kappa shape index (κ2) is 7.81. The Kier molecular flexibility index (Phi) is 5.96. The molecule has 0 saturated carbocycles. The monoisotopic (exact) mass is 397 g/mol. The lowest BCUT2D eigenvalue weighted by Gasteiger charge is -2.18. The number of anilines is 1. The van der Waals surface area contributed by atoms with E-state index in [2.05, 4.69) is 5.32 Å². The van der Waals surface area contributed by atoms with Crippen LogP contribution in [0.15, 0.2) is 47.4 Å². The van der Waals surface area contributed by atoms with E-state index in [0.29, 0.717) is 10.7 Å². The van der Waals surface area contributed by atoms with Gasteiger partial charge >= 0.3 is 0 Å². The average molecular weight is 398 g/mol. The number of sulfonamides is 1. The molecule has 0 aliphatic rings. The van der Waals surface area contributed by atoms with Crippen LogP contribution in [0.1, 0.15) is 5.56 Å². The molecule has 0 spiro atoms. The predicted octanol–water partition coefficient (Wildman–Crippen LogP) is 2.82. The third-order valence-corrected chi connectivity index (χ3v) is 5.93. The Morgan fingerprint density at radius 3 is 2.50 bits per heavy atom. The van der Waals surface area contributed by atoms with Gasteiger partial charge in [-0.25, -0.2) is 8.42 Å². The van der Waals surface area contributed by atoms with Crippen molar-refractivity contribution < 1.29 is 18.1 Å². The summed E-state index contributed by atoms with van der Waals surface area (Å²) in [6.45, 7) is 0.873. The molecule has 0 aromatic heterocycles. The van der Waals surface area contributed by atoms with Crippen LogP contribution in [0.4, 0.5) is 11.4 Å². The van der Waals surface area contributed by atoms with Crippen molar-refractivity contribution in [1.29, 1.82) is 0 Å². The third kappa shape index (κ3) is 4.18. The van der Waals surface area contributed by atoms with Crippen molar-refractivity contribution in [2.45, 2.75) is 11.8 Å². The van der Waals surface area contributed by atoms with Crippen molar-refractivity contribution in [2.75, 3.05) is 18.9 Å². The minimum absolute atomic E-state index is 0.0101. The lowest BCUT2D eigenvalue weighted by molar-refractivity contribution is -0.385. The summed E-state index contributed by atoms with van der Waals surface area (Å²) in [6, 6.07) is 10.3. The predicted molar refractivity (Wildman–Crippen MR) is 97.7 cm³/mol. The van der Waals surface area contributed by atoms with Crippen LogP contribution in [0.2, 0.25) is 5.02 Å². The normalized spacial score (nSPS) is 11.4. The number of likely N-dealkylation sites (N-methyl/N-ethyl adjacent to an activating group) is 1. The molecule has 0 atom stereocenters. The van der Waals surface area contributed by atoms with Crippen molar-refractivity contribution in [1.82, 2.24) is 4.31 Å². The van der Waals surface area contributed by atoms with Crippen LogP contribution in [-0.2, 0) is 14.8 Å². The molecule has 0 aliphatic carbocycles. The number of hydrogen-bond acceptors (Lipinski definition) is 5. The molecule has 2 aromatic carbocycles. The van der Waals surface area contributed by atoms with Gasteiger partial charge in [-0.3, -0.25) is 14.9 Å². The van der Waals surface area contributed by atoms with E-state index in [0.717, 1.165) is 4.31 Å². The number of halogens is 1. The van der Waals surface area contributed by atoms with Gasteiger partial charge in [0, 0.05) is 18.7 Å². The van der Waals surface area contributed by atoms with Crippen molar-refractivity contribution >= 4 is 38.9 Å². The molecule has 0 saturated heterocycles. The third-order valence-electron chi connectivity index (χ3n) is 3.65. The molecule has 8 nitrogen and oxygen atoms in total. The van der Waals surface area contributed by atoms with Gasteiger partial charge < -0.3 is 5.32 Å². The number of para-hydroxylation sites is 1. The van der Waals surface area contributed by atoms with Crippen LogP contribution in [0.25, 0.3) is 0 Å². The summed E-state index contributed by atoms with van der Waals surface area (Å²) in [4.78, 5) is 22.3. The summed E-state index contributed by atoms with van der Waals surface area (Å²) >= 11 is 5.95. The van der Waals surface area contributed by atoms with E-state index in [-0.39, 0.29) is 16.1 Å². The lowest BCUT2D eigenvalue weighted by Crippen LogP contribution is -2.35. The zero-order valence-corrected chi connectivity index (χ0v) is 15.5. The summed E-state index contributed by atoms with van der Waals surface area (Å²) in [5.41, 5.74) is 0.0624. The van der Waals surface area contributed by atoms with E-state index < -0.39 is 27.4 Å². The fourth-order valence-corrected chi connectivity index (χ4v) is 3.84. The number of carbonyl (C=O) groups excluding carboxylic acids is 1. The Labute approximate surface area is 155 Å². The van der Waals surface area contributed by atoms with Crippen molar-refractivity contribution in [3.05, 3.63) is 63.2 Å². The highest BCUT2D eigenvalue weighted by Gasteiger charge is 2.28. The Hall–Kier alpha value is -2.49. The van der Waals surface area contributed by atoms with Crippen LogP contribution < -0.4 is 5.32 Å². The zero-order valence-electron chi connectivity index (χ0n) is 14.0. The highest BCUT2D eigenvalue weighted by Crippen LogP contribution is 2.27. The Morgan fingerprint density at radius 1 is 1.23 bits per heavy atom. The number of benzene rings is 2. The molecule has 0 unspecified atom stereocenters. The SMILES string of the molecule is Cc1c([N+](=O)[O-])cccc1S(=O)(=O)N(C)CC(=O)Nc1ccccc1Cl. The summed E-state index contributed by atoms with van der Waals surface area (Å²) in [6.07, 6.45) is 0. The number of nitrogens with zero attached hydrogens (tertiary/aromatic N) is 2. The highest BCUT2D eigenvalue weighted by molar-refractivity contribution is 7.89. The number of nitro benzene ring substituents is 1. The maximum atomic E-state index is 12.7. The quantitative estimate of drug-likeness (QED) is 0.595. The first-order chi connectivity index (χ1) is 12.1. The second-order valence-corrected chi connectivity index (χ2v) is 7.87. The van der Waals surface area contributed by atoms with Crippen molar-refractivity contribution in [3.63, 3.8) is 0 Å². The van der Waals surface area contributed by atoms with Gasteiger partial charge in [0.15, 0.2) is 0 Å². The molecule has 0 fully saturated rings. The van der Waals surface area contributed by atoms with Crippen molar-refractivity contribution in [3.8, 4) is 0 Å². The molecule has 0 heterocycles. The van der Waals surface area contributed by atoms with Crippen LogP contribution in [0.5, 0.6) is 0 Å². The van der Waals surface area contributed by atoms with E-state index in [9.17, 15) is 23.3 Å². The maximum absolute atomic E-state index is 12.7. The number of carbonyl (C=O) groups is 1.